The zero-order chi connectivity index (χ0) is 19.7. The number of hydrogen-bond acceptors (Lipinski definition) is 2. The highest BCUT2D eigenvalue weighted by atomic mass is 19.1. The van der Waals surface area contributed by atoms with Crippen LogP contribution in [-0.4, -0.2) is 18.4 Å². The van der Waals surface area contributed by atoms with Crippen LogP contribution in [-0.2, 0) is 6.42 Å². The summed E-state index contributed by atoms with van der Waals surface area (Å²) in [5, 5.41) is 2.23. The number of carbonyl (C=O) groups is 2. The summed E-state index contributed by atoms with van der Waals surface area (Å²) in [7, 11) is 0. The van der Waals surface area contributed by atoms with E-state index in [1.807, 2.05) is 24.3 Å². The van der Waals surface area contributed by atoms with E-state index in [4.69, 9.17) is 0 Å². The molecule has 0 fully saturated rings. The maximum atomic E-state index is 13.8. The number of nitrogens with one attached hydrogen (secondary N) is 1. The van der Waals surface area contributed by atoms with Crippen LogP contribution < -0.4 is 10.2 Å². The molecule has 0 radical (unpaired) electrons. The molecular weight excluding hydrogens is 362 g/mol. The summed E-state index contributed by atoms with van der Waals surface area (Å²) in [6, 6.07) is 17.1. The van der Waals surface area contributed by atoms with Gasteiger partial charge in [0, 0.05) is 23.4 Å². The molecule has 0 aromatic heterocycles. The number of benzene rings is 3. The van der Waals surface area contributed by atoms with E-state index in [1.54, 1.807) is 17.0 Å². The standard InChI is InChI=1S/C22H16F2N2O2/c23-17-8-4-9-18(24)20(17)25-21(27)15-6-3-7-16(13-15)22(28)26-12-11-14-5-1-2-10-19(14)26/h1-10,13H,11-12H2,(H,25,27). The highest BCUT2D eigenvalue weighted by Gasteiger charge is 2.25. The maximum Gasteiger partial charge on any atom is 0.258 e. The van der Waals surface area contributed by atoms with Crippen LogP contribution in [0.3, 0.4) is 0 Å². The van der Waals surface area contributed by atoms with Crippen molar-refractivity contribution in [2.24, 2.45) is 0 Å². The lowest BCUT2D eigenvalue weighted by Crippen LogP contribution is -2.29. The zero-order valence-electron chi connectivity index (χ0n) is 14.8. The molecule has 1 aliphatic heterocycles. The molecule has 140 valence electrons. The lowest BCUT2D eigenvalue weighted by molar-refractivity contribution is 0.0989. The first-order chi connectivity index (χ1) is 13.5. The Bertz CT molecular complexity index is 1060. The Morgan fingerprint density at radius 2 is 1.54 bits per heavy atom. The molecule has 0 saturated heterocycles. The van der Waals surface area contributed by atoms with Gasteiger partial charge in [0.1, 0.15) is 17.3 Å². The number of para-hydroxylation sites is 2. The molecule has 2 amide bonds. The third-order valence-electron chi connectivity index (χ3n) is 4.71. The first kappa shape index (κ1) is 17.9. The average molecular weight is 378 g/mol. The van der Waals surface area contributed by atoms with Crippen molar-refractivity contribution in [3.63, 3.8) is 0 Å². The molecule has 28 heavy (non-hydrogen) atoms. The fourth-order valence-corrected chi connectivity index (χ4v) is 3.30. The minimum absolute atomic E-state index is 0.140. The molecule has 0 unspecified atom stereocenters. The van der Waals surface area contributed by atoms with Gasteiger partial charge >= 0.3 is 0 Å². The lowest BCUT2D eigenvalue weighted by atomic mass is 10.1. The third kappa shape index (κ3) is 3.24. The summed E-state index contributed by atoms with van der Waals surface area (Å²) in [6.45, 7) is 0.565. The minimum Gasteiger partial charge on any atom is -0.317 e. The van der Waals surface area contributed by atoms with Crippen molar-refractivity contribution in [1.82, 2.24) is 0 Å². The summed E-state index contributed by atoms with van der Waals surface area (Å²) in [4.78, 5) is 27.0. The zero-order valence-corrected chi connectivity index (χ0v) is 14.8. The van der Waals surface area contributed by atoms with Gasteiger partial charge in [-0.05, 0) is 48.4 Å². The van der Waals surface area contributed by atoms with Crippen LogP contribution in [0, 0.1) is 11.6 Å². The van der Waals surface area contributed by atoms with Crippen molar-refractivity contribution < 1.29 is 18.4 Å². The molecular formula is C22H16F2N2O2. The summed E-state index contributed by atoms with van der Waals surface area (Å²) < 4.78 is 27.5. The van der Waals surface area contributed by atoms with Crippen LogP contribution in [0.1, 0.15) is 26.3 Å². The monoisotopic (exact) mass is 378 g/mol. The van der Waals surface area contributed by atoms with Crippen molar-refractivity contribution >= 4 is 23.2 Å². The first-order valence-electron chi connectivity index (χ1n) is 8.80. The van der Waals surface area contributed by atoms with E-state index in [0.29, 0.717) is 12.1 Å². The number of carbonyl (C=O) groups excluding carboxylic acids is 2. The summed E-state index contributed by atoms with van der Waals surface area (Å²) in [5.41, 5.74) is 1.91. The van der Waals surface area contributed by atoms with Gasteiger partial charge in [-0.15, -0.1) is 0 Å². The van der Waals surface area contributed by atoms with E-state index in [1.165, 1.54) is 18.2 Å². The molecule has 0 saturated carbocycles. The number of rotatable bonds is 3. The molecule has 4 nitrogen and oxygen atoms in total. The van der Waals surface area contributed by atoms with Gasteiger partial charge in [0.25, 0.3) is 11.8 Å². The second-order valence-electron chi connectivity index (χ2n) is 6.47. The molecule has 3 aromatic carbocycles. The van der Waals surface area contributed by atoms with E-state index < -0.39 is 23.2 Å². The number of hydrogen-bond donors (Lipinski definition) is 1. The summed E-state index contributed by atoms with van der Waals surface area (Å²) in [5.74, 6) is -2.65. The topological polar surface area (TPSA) is 49.4 Å². The van der Waals surface area contributed by atoms with Crippen LogP contribution in [0.4, 0.5) is 20.2 Å². The van der Waals surface area contributed by atoms with Crippen molar-refractivity contribution in [2.45, 2.75) is 6.42 Å². The maximum absolute atomic E-state index is 13.8. The second kappa shape index (κ2) is 7.23. The van der Waals surface area contributed by atoms with Crippen LogP contribution >= 0.6 is 0 Å². The Labute approximate surface area is 160 Å². The molecule has 6 heteroatoms. The number of halogens is 2. The van der Waals surface area contributed by atoms with Crippen molar-refractivity contribution in [3.8, 4) is 0 Å². The number of anilines is 2. The normalized spacial score (nSPS) is 12.6. The van der Waals surface area contributed by atoms with Gasteiger partial charge in [-0.2, -0.15) is 0 Å². The molecule has 3 aromatic rings. The van der Waals surface area contributed by atoms with Gasteiger partial charge in [-0.25, -0.2) is 8.78 Å². The molecule has 0 spiro atoms. The number of nitrogens with zero attached hydrogens (tertiary/aromatic N) is 1. The molecule has 4 rings (SSSR count). The van der Waals surface area contributed by atoms with Crippen LogP contribution in [0.2, 0.25) is 0 Å². The van der Waals surface area contributed by atoms with Crippen molar-refractivity contribution in [1.29, 1.82) is 0 Å². The number of fused-ring (bicyclic) bond motifs is 1. The van der Waals surface area contributed by atoms with Crippen LogP contribution in [0.25, 0.3) is 0 Å². The molecule has 1 N–H and O–H groups in total. The first-order valence-corrected chi connectivity index (χ1v) is 8.80. The predicted octanol–water partition coefficient (Wildman–Crippen LogP) is 4.42. The van der Waals surface area contributed by atoms with Gasteiger partial charge in [0.15, 0.2) is 0 Å². The third-order valence-corrected chi connectivity index (χ3v) is 4.71. The van der Waals surface area contributed by atoms with Gasteiger partial charge in [-0.1, -0.05) is 30.3 Å². The van der Waals surface area contributed by atoms with E-state index in [0.717, 1.165) is 29.8 Å². The highest BCUT2D eigenvalue weighted by molar-refractivity contribution is 6.10. The molecule has 0 atom stereocenters. The molecule has 1 aliphatic rings. The largest absolute Gasteiger partial charge is 0.317 e. The van der Waals surface area contributed by atoms with Gasteiger partial charge in [0.05, 0.1) is 0 Å². The lowest BCUT2D eigenvalue weighted by Gasteiger charge is -2.17. The Morgan fingerprint density at radius 3 is 2.32 bits per heavy atom. The van der Waals surface area contributed by atoms with Crippen molar-refractivity contribution in [3.05, 3.63) is 95.1 Å². The Balaban J connectivity index is 1.58. The minimum atomic E-state index is -0.866. The SMILES string of the molecule is O=C(Nc1c(F)cccc1F)c1cccc(C(=O)N2CCc3ccccc32)c1. The quantitative estimate of drug-likeness (QED) is 0.734. The van der Waals surface area contributed by atoms with E-state index in [2.05, 4.69) is 5.32 Å². The molecule has 0 aliphatic carbocycles. The Kier molecular flexibility index (Phi) is 4.61. The van der Waals surface area contributed by atoms with Gasteiger partial charge in [-0.3, -0.25) is 9.59 Å². The average Bonchev–Trinajstić information content (AvgIpc) is 3.14. The highest BCUT2D eigenvalue weighted by Crippen LogP contribution is 2.29. The fourth-order valence-electron chi connectivity index (χ4n) is 3.30. The summed E-state index contributed by atoms with van der Waals surface area (Å²) in [6.07, 6.45) is 0.772. The smallest absolute Gasteiger partial charge is 0.258 e. The van der Waals surface area contributed by atoms with Crippen molar-refractivity contribution in [2.75, 3.05) is 16.8 Å². The Morgan fingerprint density at radius 1 is 0.857 bits per heavy atom. The second-order valence-corrected chi connectivity index (χ2v) is 6.47. The van der Waals surface area contributed by atoms with Gasteiger partial charge < -0.3 is 10.2 Å². The Hall–Kier alpha value is -3.54. The van der Waals surface area contributed by atoms with Gasteiger partial charge in [0.2, 0.25) is 0 Å². The van der Waals surface area contributed by atoms with E-state index >= 15 is 0 Å². The molecule has 1 heterocycles. The van der Waals surface area contributed by atoms with Crippen LogP contribution in [0.5, 0.6) is 0 Å². The van der Waals surface area contributed by atoms with Crippen LogP contribution in [0.15, 0.2) is 66.7 Å². The van der Waals surface area contributed by atoms with E-state index in [-0.39, 0.29) is 11.5 Å². The predicted molar refractivity (Wildman–Crippen MR) is 103 cm³/mol. The molecule has 0 bridgehead atoms. The number of amides is 2. The fraction of sp³-hybridized carbons (Fsp3) is 0.0909. The summed E-state index contributed by atoms with van der Waals surface area (Å²) >= 11 is 0. The van der Waals surface area contributed by atoms with E-state index in [9.17, 15) is 18.4 Å².